The van der Waals surface area contributed by atoms with Gasteiger partial charge in [-0.05, 0) is 48.0 Å². The Morgan fingerprint density at radius 3 is 2.38 bits per heavy atom. The van der Waals surface area contributed by atoms with E-state index in [0.717, 1.165) is 18.2 Å². The smallest absolute Gasteiger partial charge is 0.292 e. The first-order valence-electron chi connectivity index (χ1n) is 11.1. The molecule has 0 aliphatic rings. The van der Waals surface area contributed by atoms with Crippen molar-refractivity contribution in [2.45, 2.75) is 6.42 Å². The number of rotatable bonds is 8. The summed E-state index contributed by atoms with van der Waals surface area (Å²) in [7, 11) is 0. The van der Waals surface area contributed by atoms with Crippen molar-refractivity contribution in [3.05, 3.63) is 103 Å². The number of H-pyrrole nitrogens is 1. The summed E-state index contributed by atoms with van der Waals surface area (Å²) in [6.45, 7) is 0. The number of benzene rings is 3. The average Bonchev–Trinajstić information content (AvgIpc) is 2.89. The average molecular weight is 545 g/mol. The van der Waals surface area contributed by atoms with Crippen LogP contribution in [0.3, 0.4) is 0 Å². The van der Waals surface area contributed by atoms with E-state index in [2.05, 4.69) is 20.6 Å². The Morgan fingerprint density at radius 1 is 1.08 bits per heavy atom. The summed E-state index contributed by atoms with van der Waals surface area (Å²) >= 11 is 5.89. The minimum Gasteiger partial charge on any atom is -0.508 e. The fourth-order valence-corrected chi connectivity index (χ4v) is 3.68. The molecule has 39 heavy (non-hydrogen) atoms. The molecule has 0 saturated heterocycles. The van der Waals surface area contributed by atoms with Gasteiger partial charge in [-0.15, -0.1) is 0 Å². The van der Waals surface area contributed by atoms with Crippen LogP contribution >= 0.6 is 11.6 Å². The van der Waals surface area contributed by atoms with Gasteiger partial charge in [0.15, 0.2) is 0 Å². The van der Waals surface area contributed by atoms with E-state index < -0.39 is 40.0 Å². The maximum Gasteiger partial charge on any atom is 0.292 e. The molecule has 13 heteroatoms. The number of aromatic nitrogens is 2. The topological polar surface area (TPSA) is 191 Å². The number of hydrogen-bond acceptors (Lipinski definition) is 9. The summed E-state index contributed by atoms with van der Waals surface area (Å²) in [4.78, 5) is 54.3. The highest BCUT2D eigenvalue weighted by Crippen LogP contribution is 2.25. The molecule has 0 radical (unpaired) electrons. The number of nitro benzene ring substituents is 1. The van der Waals surface area contributed by atoms with Crippen LogP contribution in [-0.4, -0.2) is 31.7 Å². The molecular weight excluding hydrogens is 528 g/mol. The fourth-order valence-electron chi connectivity index (χ4n) is 3.56. The highest BCUT2D eigenvalue weighted by molar-refractivity contribution is 6.41. The van der Waals surface area contributed by atoms with Gasteiger partial charge >= 0.3 is 0 Å². The number of carbonyl (C=O) groups is 2. The molecule has 4 rings (SSSR count). The molecule has 12 nitrogen and oxygen atoms in total. The number of nitro groups is 1. The second-order valence-corrected chi connectivity index (χ2v) is 8.56. The number of Topliss-reactive ketones (excluding diaryl/α,β-unsaturated/α-hetero) is 1. The van der Waals surface area contributed by atoms with Crippen LogP contribution in [0.4, 0.5) is 23.0 Å². The third kappa shape index (κ3) is 6.43. The highest BCUT2D eigenvalue weighted by atomic mass is 35.5. The largest absolute Gasteiger partial charge is 0.508 e. The number of phenolic OH excluding ortho intramolecular Hbond substituents is 1. The first-order chi connectivity index (χ1) is 18.6. The number of ketones is 1. The lowest BCUT2D eigenvalue weighted by atomic mass is 10.1. The zero-order valence-corrected chi connectivity index (χ0v) is 20.5. The third-order valence-electron chi connectivity index (χ3n) is 5.35. The SMILES string of the molecule is N#Cc1c(-c2ccc(NC(=O)C(=O)Cc3cc(O)cc([N+](=O)[O-])c3)cc2)nc(Nc2ccc(Cl)cc2)[nH]c1=O. The fraction of sp³-hybridized carbons (Fsp3) is 0.0385. The van der Waals surface area contributed by atoms with Gasteiger partial charge in [0.2, 0.25) is 11.7 Å². The molecule has 0 fully saturated rings. The Hall–Kier alpha value is -5.54. The molecule has 0 unspecified atom stereocenters. The normalized spacial score (nSPS) is 10.4. The van der Waals surface area contributed by atoms with Crippen LogP contribution < -0.4 is 16.2 Å². The quantitative estimate of drug-likeness (QED) is 0.144. The lowest BCUT2D eigenvalue weighted by Crippen LogP contribution is -2.24. The number of nitrogens with zero attached hydrogens (tertiary/aromatic N) is 3. The number of nitrogens with one attached hydrogen (secondary N) is 3. The van der Waals surface area contributed by atoms with E-state index in [9.17, 15) is 34.9 Å². The summed E-state index contributed by atoms with van der Waals surface area (Å²) in [6, 6.07) is 17.6. The lowest BCUT2D eigenvalue weighted by Gasteiger charge is -2.10. The Bertz CT molecular complexity index is 1690. The number of aromatic amines is 1. The molecule has 0 saturated carbocycles. The summed E-state index contributed by atoms with van der Waals surface area (Å²) in [5.41, 5.74) is 0.140. The Labute approximate surface area is 224 Å². The van der Waals surface area contributed by atoms with Crippen LogP contribution in [0, 0.1) is 21.4 Å². The van der Waals surface area contributed by atoms with Gasteiger partial charge in [0, 0.05) is 34.4 Å². The zero-order valence-electron chi connectivity index (χ0n) is 19.8. The maximum absolute atomic E-state index is 12.5. The first kappa shape index (κ1) is 26.5. The Kier molecular flexibility index (Phi) is 7.64. The van der Waals surface area contributed by atoms with Gasteiger partial charge < -0.3 is 15.7 Å². The number of phenols is 1. The molecular formula is C26H17ClN6O6. The Morgan fingerprint density at radius 2 is 1.74 bits per heavy atom. The molecule has 4 aromatic rings. The van der Waals surface area contributed by atoms with Crippen LogP contribution in [0.5, 0.6) is 5.75 Å². The minimum atomic E-state index is -0.977. The third-order valence-corrected chi connectivity index (χ3v) is 5.60. The van der Waals surface area contributed by atoms with E-state index in [1.54, 1.807) is 24.3 Å². The van der Waals surface area contributed by atoms with Gasteiger partial charge in [0.1, 0.15) is 17.4 Å². The van der Waals surface area contributed by atoms with E-state index >= 15 is 0 Å². The molecule has 0 bridgehead atoms. The van der Waals surface area contributed by atoms with Crippen LogP contribution in [0.15, 0.2) is 71.5 Å². The van der Waals surface area contributed by atoms with Crippen LogP contribution in [0.1, 0.15) is 11.1 Å². The van der Waals surface area contributed by atoms with Crippen molar-refractivity contribution in [1.29, 1.82) is 5.26 Å². The highest BCUT2D eigenvalue weighted by Gasteiger charge is 2.18. The molecule has 3 aromatic carbocycles. The summed E-state index contributed by atoms with van der Waals surface area (Å²) < 4.78 is 0. The molecule has 1 heterocycles. The number of non-ortho nitro benzene ring substituents is 1. The maximum atomic E-state index is 12.5. The minimum absolute atomic E-state index is 0.0893. The van der Waals surface area contributed by atoms with Gasteiger partial charge in [-0.1, -0.05) is 23.7 Å². The van der Waals surface area contributed by atoms with Gasteiger partial charge in [0.05, 0.1) is 16.7 Å². The summed E-state index contributed by atoms with van der Waals surface area (Å²) in [6.07, 6.45) is -0.467. The van der Waals surface area contributed by atoms with E-state index in [0.29, 0.717) is 16.3 Å². The molecule has 0 atom stereocenters. The van der Waals surface area contributed by atoms with Gasteiger partial charge in [0.25, 0.3) is 17.2 Å². The van der Waals surface area contributed by atoms with Crippen molar-refractivity contribution in [2.75, 3.05) is 10.6 Å². The molecule has 1 amide bonds. The monoisotopic (exact) mass is 544 g/mol. The number of carbonyl (C=O) groups excluding carboxylic acids is 2. The van der Waals surface area contributed by atoms with Crippen molar-refractivity contribution >= 4 is 46.3 Å². The summed E-state index contributed by atoms with van der Waals surface area (Å²) in [5.74, 6) is -2.18. The molecule has 1 aromatic heterocycles. The first-order valence-corrected chi connectivity index (χ1v) is 11.5. The van der Waals surface area contributed by atoms with E-state index in [4.69, 9.17) is 11.6 Å². The van der Waals surface area contributed by atoms with Gasteiger partial charge in [-0.2, -0.15) is 5.26 Å². The number of nitriles is 1. The van der Waals surface area contributed by atoms with Gasteiger partial charge in [-0.25, -0.2) is 4.98 Å². The number of hydrogen-bond donors (Lipinski definition) is 4. The van der Waals surface area contributed by atoms with E-state index in [-0.39, 0.29) is 28.5 Å². The van der Waals surface area contributed by atoms with Crippen LogP contribution in [0.25, 0.3) is 11.3 Å². The lowest BCUT2D eigenvalue weighted by molar-refractivity contribution is -0.385. The van der Waals surface area contributed by atoms with Crippen molar-refractivity contribution in [3.63, 3.8) is 0 Å². The van der Waals surface area contributed by atoms with E-state index in [1.807, 2.05) is 6.07 Å². The predicted octanol–water partition coefficient (Wildman–Crippen LogP) is 4.07. The summed E-state index contributed by atoms with van der Waals surface area (Å²) in [5, 5.41) is 36.0. The second kappa shape index (κ2) is 11.2. The molecule has 0 aliphatic carbocycles. The molecule has 0 aliphatic heterocycles. The van der Waals surface area contributed by atoms with Gasteiger partial charge in [-0.3, -0.25) is 29.5 Å². The molecule has 4 N–H and O–H groups in total. The molecule has 0 spiro atoms. The second-order valence-electron chi connectivity index (χ2n) is 8.13. The standard InChI is InChI=1S/C26H17ClN6O6/c27-16-3-7-18(8-4-16)30-26-31-23(21(13-28)24(36)32-26)15-1-5-17(6-2-15)29-25(37)22(35)11-14-9-19(33(38)39)12-20(34)10-14/h1-10,12,34H,11H2,(H,29,37)(H2,30,31,32,36). The van der Waals surface area contributed by atoms with Crippen molar-refractivity contribution in [2.24, 2.45) is 0 Å². The molecule has 194 valence electrons. The number of aromatic hydroxyl groups is 1. The van der Waals surface area contributed by atoms with Crippen molar-refractivity contribution < 1.29 is 19.6 Å². The predicted molar refractivity (Wildman–Crippen MR) is 142 cm³/mol. The number of anilines is 3. The number of halogens is 1. The van der Waals surface area contributed by atoms with Crippen molar-refractivity contribution in [1.82, 2.24) is 9.97 Å². The van der Waals surface area contributed by atoms with Crippen LogP contribution in [-0.2, 0) is 16.0 Å². The van der Waals surface area contributed by atoms with Crippen molar-refractivity contribution in [3.8, 4) is 23.1 Å². The number of amides is 1. The van der Waals surface area contributed by atoms with E-state index in [1.165, 1.54) is 24.3 Å². The zero-order chi connectivity index (χ0) is 28.1. The van der Waals surface area contributed by atoms with Crippen LogP contribution in [0.2, 0.25) is 5.02 Å². The Balaban J connectivity index is 1.50.